The zero-order valence-corrected chi connectivity index (χ0v) is 9.62. The fraction of sp³-hybridized carbons (Fsp3) is 0.154. The van der Waals surface area contributed by atoms with Crippen LogP contribution < -0.4 is 4.74 Å². The lowest BCUT2D eigenvalue weighted by Gasteiger charge is -2.04. The smallest absolute Gasteiger partial charge is 0.226 e. The van der Waals surface area contributed by atoms with Crippen LogP contribution in [0.5, 0.6) is 5.75 Å². The summed E-state index contributed by atoms with van der Waals surface area (Å²) in [7, 11) is 1.64. The highest BCUT2D eigenvalue weighted by Gasteiger charge is 2.02. The molecule has 0 N–H and O–H groups in total. The summed E-state index contributed by atoms with van der Waals surface area (Å²) in [4.78, 5) is 10.8. The number of ether oxygens (including phenoxy) is 1. The molecule has 0 unspecified atom stereocenters. The van der Waals surface area contributed by atoms with Gasteiger partial charge in [-0.3, -0.25) is 4.79 Å². The van der Waals surface area contributed by atoms with E-state index >= 15 is 0 Å². The van der Waals surface area contributed by atoms with Crippen LogP contribution in [0, 0.1) is 0 Å². The molecule has 2 nitrogen and oxygen atoms in total. The van der Waals surface area contributed by atoms with Crippen LogP contribution in [0.15, 0.2) is 36.4 Å². The van der Waals surface area contributed by atoms with Gasteiger partial charge in [-0.25, -0.2) is 0 Å². The van der Waals surface area contributed by atoms with E-state index in [0.717, 1.165) is 22.1 Å². The standard InChI is InChI=1S/C13H11ClO2/c1-16-12-5-4-10-6-9(7-13(14)15)2-3-11(10)8-12/h2-6,8H,7H2,1H3. The summed E-state index contributed by atoms with van der Waals surface area (Å²) in [6.07, 6.45) is 0.267. The van der Waals surface area contributed by atoms with E-state index in [4.69, 9.17) is 16.3 Å². The quantitative estimate of drug-likeness (QED) is 0.763. The lowest BCUT2D eigenvalue weighted by atomic mass is 10.1. The molecule has 3 heteroatoms. The zero-order valence-electron chi connectivity index (χ0n) is 8.87. The van der Waals surface area contributed by atoms with Gasteiger partial charge in [0.1, 0.15) is 5.75 Å². The number of fused-ring (bicyclic) bond motifs is 1. The van der Waals surface area contributed by atoms with Crippen molar-refractivity contribution in [2.75, 3.05) is 7.11 Å². The Hall–Kier alpha value is -1.54. The maximum atomic E-state index is 10.8. The number of hydrogen-bond donors (Lipinski definition) is 0. The fourth-order valence-corrected chi connectivity index (χ4v) is 1.83. The third-order valence-corrected chi connectivity index (χ3v) is 2.59. The number of halogens is 1. The number of carbonyl (C=O) groups excluding carboxylic acids is 1. The molecule has 0 atom stereocenters. The Morgan fingerprint density at radius 1 is 1.19 bits per heavy atom. The molecule has 0 heterocycles. The summed E-state index contributed by atoms with van der Waals surface area (Å²) in [6, 6.07) is 11.7. The van der Waals surface area contributed by atoms with Crippen LogP contribution in [0.4, 0.5) is 0 Å². The molecule has 0 aromatic heterocycles. The predicted octanol–water partition coefficient (Wildman–Crippen LogP) is 3.16. The van der Waals surface area contributed by atoms with E-state index in [2.05, 4.69) is 0 Å². The van der Waals surface area contributed by atoms with Crippen molar-refractivity contribution in [3.05, 3.63) is 42.0 Å². The van der Waals surface area contributed by atoms with Crippen molar-refractivity contribution in [1.29, 1.82) is 0 Å². The first-order valence-electron chi connectivity index (χ1n) is 4.94. The SMILES string of the molecule is COc1ccc2cc(CC(=O)Cl)ccc2c1. The molecule has 0 amide bonds. The molecular formula is C13H11ClO2. The van der Waals surface area contributed by atoms with Crippen LogP contribution in [0.1, 0.15) is 5.56 Å². The molecule has 0 saturated carbocycles. The predicted molar refractivity (Wildman–Crippen MR) is 65.1 cm³/mol. The number of carbonyl (C=O) groups is 1. The van der Waals surface area contributed by atoms with Gasteiger partial charge < -0.3 is 4.74 Å². The minimum Gasteiger partial charge on any atom is -0.497 e. The summed E-state index contributed by atoms with van der Waals surface area (Å²) < 4.78 is 5.14. The number of hydrogen-bond acceptors (Lipinski definition) is 2. The molecule has 0 bridgehead atoms. The lowest BCUT2D eigenvalue weighted by molar-refractivity contribution is -0.111. The van der Waals surface area contributed by atoms with Crippen molar-refractivity contribution in [2.24, 2.45) is 0 Å². The highest BCUT2D eigenvalue weighted by Crippen LogP contribution is 2.22. The molecule has 0 aliphatic rings. The Labute approximate surface area is 98.8 Å². The van der Waals surface area contributed by atoms with Gasteiger partial charge in [-0.05, 0) is 40.1 Å². The first-order chi connectivity index (χ1) is 7.69. The van der Waals surface area contributed by atoms with Gasteiger partial charge in [0.2, 0.25) is 5.24 Å². The highest BCUT2D eigenvalue weighted by atomic mass is 35.5. The zero-order chi connectivity index (χ0) is 11.5. The Morgan fingerprint density at radius 3 is 2.56 bits per heavy atom. The summed E-state index contributed by atoms with van der Waals surface area (Å²) in [5, 5.41) is 1.83. The van der Waals surface area contributed by atoms with E-state index in [-0.39, 0.29) is 11.7 Å². The van der Waals surface area contributed by atoms with Gasteiger partial charge in [-0.1, -0.05) is 24.3 Å². The molecule has 2 aromatic rings. The van der Waals surface area contributed by atoms with Gasteiger partial charge in [0.25, 0.3) is 0 Å². The Kier molecular flexibility index (Phi) is 3.11. The largest absolute Gasteiger partial charge is 0.497 e. The van der Waals surface area contributed by atoms with E-state index in [9.17, 15) is 4.79 Å². The second-order valence-electron chi connectivity index (χ2n) is 3.58. The topological polar surface area (TPSA) is 26.3 Å². The third-order valence-electron chi connectivity index (χ3n) is 2.45. The molecule has 0 radical (unpaired) electrons. The van der Waals surface area contributed by atoms with E-state index < -0.39 is 0 Å². The van der Waals surface area contributed by atoms with E-state index in [1.165, 1.54) is 0 Å². The second-order valence-corrected chi connectivity index (χ2v) is 4.00. The first kappa shape index (κ1) is 11.0. The van der Waals surface area contributed by atoms with E-state index in [1.807, 2.05) is 36.4 Å². The van der Waals surface area contributed by atoms with Crippen LogP contribution in [-0.4, -0.2) is 12.4 Å². The molecule has 0 saturated heterocycles. The van der Waals surface area contributed by atoms with Gasteiger partial charge in [-0.15, -0.1) is 0 Å². The average Bonchev–Trinajstić information content (AvgIpc) is 2.27. The van der Waals surface area contributed by atoms with Crippen LogP contribution in [0.2, 0.25) is 0 Å². The van der Waals surface area contributed by atoms with E-state index in [1.54, 1.807) is 7.11 Å². The van der Waals surface area contributed by atoms with Crippen molar-refractivity contribution in [3.8, 4) is 5.75 Å². The first-order valence-corrected chi connectivity index (χ1v) is 5.32. The highest BCUT2D eigenvalue weighted by molar-refractivity contribution is 6.63. The van der Waals surface area contributed by atoms with E-state index in [0.29, 0.717) is 0 Å². The maximum Gasteiger partial charge on any atom is 0.226 e. The Morgan fingerprint density at radius 2 is 1.88 bits per heavy atom. The Balaban J connectivity index is 2.43. The van der Waals surface area contributed by atoms with Gasteiger partial charge >= 0.3 is 0 Å². The lowest BCUT2D eigenvalue weighted by Crippen LogP contribution is -1.93. The molecule has 0 fully saturated rings. The molecule has 0 spiro atoms. The second kappa shape index (κ2) is 4.54. The fourth-order valence-electron chi connectivity index (χ4n) is 1.67. The summed E-state index contributed by atoms with van der Waals surface area (Å²) in [5.74, 6) is 0.827. The maximum absolute atomic E-state index is 10.8. The van der Waals surface area contributed by atoms with Crippen LogP contribution >= 0.6 is 11.6 Å². The van der Waals surface area contributed by atoms with Crippen LogP contribution in [0.25, 0.3) is 10.8 Å². The number of methoxy groups -OCH3 is 1. The Bertz CT molecular complexity index is 534. The van der Waals surface area contributed by atoms with Crippen molar-refractivity contribution >= 4 is 27.6 Å². The van der Waals surface area contributed by atoms with Crippen molar-refractivity contribution < 1.29 is 9.53 Å². The van der Waals surface area contributed by atoms with Crippen LogP contribution in [0.3, 0.4) is 0 Å². The molecule has 0 aliphatic carbocycles. The molecule has 16 heavy (non-hydrogen) atoms. The minimum atomic E-state index is -0.340. The van der Waals surface area contributed by atoms with Gasteiger partial charge in [0.15, 0.2) is 0 Å². The van der Waals surface area contributed by atoms with Crippen molar-refractivity contribution in [2.45, 2.75) is 6.42 Å². The van der Waals surface area contributed by atoms with Crippen molar-refractivity contribution in [1.82, 2.24) is 0 Å². The van der Waals surface area contributed by atoms with Gasteiger partial charge in [0.05, 0.1) is 7.11 Å². The number of benzene rings is 2. The molecule has 82 valence electrons. The summed E-state index contributed by atoms with van der Waals surface area (Å²) >= 11 is 5.35. The molecule has 2 aromatic carbocycles. The third kappa shape index (κ3) is 2.34. The van der Waals surface area contributed by atoms with Gasteiger partial charge in [0, 0.05) is 6.42 Å². The average molecular weight is 235 g/mol. The summed E-state index contributed by atoms with van der Waals surface area (Å²) in [5.41, 5.74) is 0.928. The van der Waals surface area contributed by atoms with Gasteiger partial charge in [-0.2, -0.15) is 0 Å². The molecular weight excluding hydrogens is 224 g/mol. The normalized spacial score (nSPS) is 10.4. The monoisotopic (exact) mass is 234 g/mol. The van der Waals surface area contributed by atoms with Crippen LogP contribution in [-0.2, 0) is 11.2 Å². The molecule has 2 rings (SSSR count). The number of rotatable bonds is 3. The summed E-state index contributed by atoms with van der Waals surface area (Å²) in [6.45, 7) is 0. The van der Waals surface area contributed by atoms with Crippen molar-refractivity contribution in [3.63, 3.8) is 0 Å². The minimum absolute atomic E-state index is 0.267. The molecule has 0 aliphatic heterocycles.